The van der Waals surface area contributed by atoms with Crippen LogP contribution in [0.1, 0.15) is 27.7 Å². The minimum absolute atomic E-state index is 0.213. The van der Waals surface area contributed by atoms with Gasteiger partial charge in [0.05, 0.1) is 0 Å². The van der Waals surface area contributed by atoms with Crippen molar-refractivity contribution in [2.24, 2.45) is 0 Å². The van der Waals surface area contributed by atoms with E-state index in [0.717, 1.165) is 0 Å². The van der Waals surface area contributed by atoms with Crippen LogP contribution in [0.2, 0.25) is 0 Å². The van der Waals surface area contributed by atoms with Gasteiger partial charge in [-0.15, -0.1) is 11.8 Å². The Morgan fingerprint density at radius 1 is 0.800 bits per heavy atom. The second kappa shape index (κ2) is 9.62. The number of thioether (sulfide) groups is 1. The van der Waals surface area contributed by atoms with Crippen molar-refractivity contribution < 1.29 is 42.9 Å². The van der Waals surface area contributed by atoms with Crippen LogP contribution in [0.4, 0.5) is 0 Å². The van der Waals surface area contributed by atoms with Crippen LogP contribution in [-0.4, -0.2) is 66.6 Å². The third kappa shape index (κ3) is 6.54. The van der Waals surface area contributed by atoms with Crippen LogP contribution >= 0.6 is 11.8 Å². The minimum Gasteiger partial charge on any atom is -0.463 e. The molecule has 0 unspecified atom stereocenters. The average Bonchev–Trinajstić information content (AvgIpc) is 2.48. The molecule has 1 aliphatic heterocycles. The lowest BCUT2D eigenvalue weighted by molar-refractivity contribution is -0.237. The van der Waals surface area contributed by atoms with E-state index in [0.29, 0.717) is 0 Å². The van der Waals surface area contributed by atoms with Gasteiger partial charge in [0.25, 0.3) is 0 Å². The largest absolute Gasteiger partial charge is 0.463 e. The highest BCUT2D eigenvalue weighted by atomic mass is 32.2. The normalized spacial score (nSPS) is 28.6. The van der Waals surface area contributed by atoms with Gasteiger partial charge in [-0.1, -0.05) is 0 Å². The second-order valence-electron chi connectivity index (χ2n) is 5.30. The maximum atomic E-state index is 11.5. The molecular formula is C15H22O9S. The lowest BCUT2D eigenvalue weighted by atomic mass is 9.99. The fraction of sp³-hybridized carbons (Fsp3) is 0.733. The van der Waals surface area contributed by atoms with E-state index in [2.05, 4.69) is 0 Å². The Morgan fingerprint density at radius 3 is 1.72 bits per heavy atom. The molecule has 0 saturated carbocycles. The van der Waals surface area contributed by atoms with Crippen molar-refractivity contribution in [1.29, 1.82) is 0 Å². The van der Waals surface area contributed by atoms with Gasteiger partial charge in [0, 0.05) is 27.7 Å². The third-order valence-electron chi connectivity index (χ3n) is 3.18. The van der Waals surface area contributed by atoms with E-state index >= 15 is 0 Å². The van der Waals surface area contributed by atoms with E-state index in [9.17, 15) is 19.2 Å². The van der Waals surface area contributed by atoms with Crippen LogP contribution < -0.4 is 0 Å². The van der Waals surface area contributed by atoms with Crippen LogP contribution in [-0.2, 0) is 42.9 Å². The first-order chi connectivity index (χ1) is 11.6. The summed E-state index contributed by atoms with van der Waals surface area (Å²) in [5.41, 5.74) is -0.708. The Balaban J connectivity index is 3.18. The lowest BCUT2D eigenvalue weighted by Gasteiger charge is -2.43. The fourth-order valence-corrected chi connectivity index (χ4v) is 3.11. The van der Waals surface area contributed by atoms with Crippen LogP contribution in [0, 0.1) is 0 Å². The Labute approximate surface area is 149 Å². The minimum atomic E-state index is -1.10. The molecule has 0 aromatic carbocycles. The van der Waals surface area contributed by atoms with Crippen LogP contribution in [0.3, 0.4) is 0 Å². The Morgan fingerprint density at radius 2 is 1.28 bits per heavy atom. The first kappa shape index (κ1) is 21.2. The number of rotatable bonds is 6. The molecule has 0 spiro atoms. The van der Waals surface area contributed by atoms with Crippen LogP contribution in [0.15, 0.2) is 0 Å². The lowest BCUT2D eigenvalue weighted by Crippen LogP contribution is -2.61. The van der Waals surface area contributed by atoms with Crippen molar-refractivity contribution in [1.82, 2.24) is 0 Å². The summed E-state index contributed by atoms with van der Waals surface area (Å²) in [4.78, 5) is 45.5. The first-order valence-electron chi connectivity index (χ1n) is 7.49. The van der Waals surface area contributed by atoms with Gasteiger partial charge in [0.1, 0.15) is 18.1 Å². The van der Waals surface area contributed by atoms with E-state index in [1.165, 1.54) is 39.5 Å². The molecule has 1 saturated heterocycles. The fourth-order valence-electron chi connectivity index (χ4n) is 2.38. The molecule has 0 amide bonds. The molecule has 9 nitrogen and oxygen atoms in total. The van der Waals surface area contributed by atoms with E-state index in [4.69, 9.17) is 23.7 Å². The van der Waals surface area contributed by atoms with Gasteiger partial charge < -0.3 is 23.7 Å². The zero-order valence-corrected chi connectivity index (χ0v) is 15.5. The summed E-state index contributed by atoms with van der Waals surface area (Å²) in [5, 5.41) is 0. The van der Waals surface area contributed by atoms with E-state index < -0.39 is 53.7 Å². The zero-order chi connectivity index (χ0) is 19.1. The Kier molecular flexibility index (Phi) is 8.17. The maximum absolute atomic E-state index is 11.5. The van der Waals surface area contributed by atoms with Crippen molar-refractivity contribution in [2.45, 2.75) is 57.5 Å². The van der Waals surface area contributed by atoms with Gasteiger partial charge >= 0.3 is 23.9 Å². The highest BCUT2D eigenvalue weighted by Gasteiger charge is 2.51. The van der Waals surface area contributed by atoms with E-state index in [1.807, 2.05) is 0 Å². The van der Waals surface area contributed by atoms with Crippen LogP contribution in [0.25, 0.3) is 0 Å². The van der Waals surface area contributed by atoms with Crippen molar-refractivity contribution in [3.63, 3.8) is 0 Å². The molecular weight excluding hydrogens is 356 g/mol. The number of esters is 4. The van der Waals surface area contributed by atoms with Crippen molar-refractivity contribution >= 4 is 35.6 Å². The monoisotopic (exact) mass is 378 g/mol. The van der Waals surface area contributed by atoms with E-state index in [1.54, 1.807) is 6.26 Å². The van der Waals surface area contributed by atoms with Gasteiger partial charge in [-0.25, -0.2) is 0 Å². The molecule has 1 fully saturated rings. The van der Waals surface area contributed by atoms with Gasteiger partial charge in [0.15, 0.2) is 18.3 Å². The molecule has 1 aliphatic rings. The third-order valence-corrected chi connectivity index (χ3v) is 4.02. The molecule has 25 heavy (non-hydrogen) atoms. The van der Waals surface area contributed by atoms with Gasteiger partial charge in [-0.05, 0) is 6.26 Å². The first-order valence-corrected chi connectivity index (χ1v) is 8.77. The van der Waals surface area contributed by atoms with E-state index in [-0.39, 0.29) is 6.61 Å². The van der Waals surface area contributed by atoms with Gasteiger partial charge in [-0.2, -0.15) is 0 Å². The van der Waals surface area contributed by atoms with Crippen molar-refractivity contribution in [3.8, 4) is 0 Å². The molecule has 0 aliphatic carbocycles. The number of carbonyl (C=O) groups excluding carboxylic acids is 4. The Hall–Kier alpha value is -1.81. The molecule has 0 aromatic rings. The predicted molar refractivity (Wildman–Crippen MR) is 85.5 cm³/mol. The van der Waals surface area contributed by atoms with Gasteiger partial charge in [0.2, 0.25) is 0 Å². The van der Waals surface area contributed by atoms with Crippen molar-refractivity contribution in [3.05, 3.63) is 0 Å². The topological polar surface area (TPSA) is 114 Å². The summed E-state index contributed by atoms with van der Waals surface area (Å²) in [6.07, 6.45) is -2.37. The summed E-state index contributed by atoms with van der Waals surface area (Å²) in [7, 11) is 0. The maximum Gasteiger partial charge on any atom is 0.303 e. The number of carbonyl (C=O) groups is 4. The summed E-state index contributed by atoms with van der Waals surface area (Å²) in [6.45, 7) is 4.57. The molecule has 0 radical (unpaired) electrons. The molecule has 0 aromatic heterocycles. The second-order valence-corrected chi connectivity index (χ2v) is 6.24. The summed E-state index contributed by atoms with van der Waals surface area (Å²) in [6, 6.07) is 0. The zero-order valence-electron chi connectivity index (χ0n) is 14.7. The number of hydrogen-bond donors (Lipinski definition) is 0. The molecule has 0 N–H and O–H groups in total. The predicted octanol–water partition coefficient (Wildman–Crippen LogP) is 0.432. The number of ether oxygens (including phenoxy) is 5. The van der Waals surface area contributed by atoms with Crippen molar-refractivity contribution in [2.75, 3.05) is 12.9 Å². The Bertz CT molecular complexity index is 521. The molecule has 10 heteroatoms. The molecule has 5 atom stereocenters. The average molecular weight is 378 g/mol. The molecule has 1 heterocycles. The van der Waals surface area contributed by atoms with Gasteiger partial charge in [-0.3, -0.25) is 19.2 Å². The summed E-state index contributed by atoms with van der Waals surface area (Å²) < 4.78 is 26.4. The number of hydrogen-bond acceptors (Lipinski definition) is 10. The smallest absolute Gasteiger partial charge is 0.303 e. The highest BCUT2D eigenvalue weighted by Crippen LogP contribution is 2.33. The SMILES string of the molecule is CS[C@H]1O[C@@H](COC(C)=O)[C@H](OC(C)=O)[C@@H](OC(C)=O)[C@H]1OC(C)=O. The molecule has 0 bridgehead atoms. The van der Waals surface area contributed by atoms with Crippen LogP contribution in [0.5, 0.6) is 0 Å². The standard InChI is InChI=1S/C15H22O9S/c1-7(16)20-6-11-12(21-8(2)17)13(22-9(3)18)14(23-10(4)19)15(24-11)25-5/h11-15H,6H2,1-5H3/t11-,12-,13+,14+,15+/m0/s1. The highest BCUT2D eigenvalue weighted by molar-refractivity contribution is 7.99. The summed E-state index contributed by atoms with van der Waals surface area (Å²) >= 11 is 1.21. The summed E-state index contributed by atoms with van der Waals surface area (Å²) in [5.74, 6) is -2.45. The quantitative estimate of drug-likeness (QED) is 0.476. The molecule has 1 rings (SSSR count). The molecule has 142 valence electrons.